The third-order valence-electron chi connectivity index (χ3n) is 5.33. The molecule has 0 aromatic carbocycles. The first-order valence-corrected chi connectivity index (χ1v) is 22.2. The van der Waals surface area contributed by atoms with Crippen molar-refractivity contribution < 1.29 is 177 Å². The maximum atomic E-state index is 8.49. The van der Waals surface area contributed by atoms with Crippen molar-refractivity contribution in [3.05, 3.63) is 148 Å². The summed E-state index contributed by atoms with van der Waals surface area (Å²) >= 11 is 0. The van der Waals surface area contributed by atoms with E-state index in [0.29, 0.717) is 46.6 Å². The Kier molecular flexibility index (Phi) is 56.5. The second-order valence-corrected chi connectivity index (χ2v) is 13.3. The van der Waals surface area contributed by atoms with Crippen molar-refractivity contribution >= 4 is 0 Å². The molecule has 44 heteroatoms. The molecule has 8 heterocycles. The van der Waals surface area contributed by atoms with E-state index in [9.17, 15) is 0 Å². The molecule has 2 radical (unpaired) electrons. The quantitative estimate of drug-likeness (QED) is 0.117. The van der Waals surface area contributed by atoms with Crippen molar-refractivity contribution in [3.8, 4) is 52.7 Å². The zero-order valence-corrected chi connectivity index (χ0v) is 43.9. The summed E-state index contributed by atoms with van der Waals surface area (Å²) in [5, 5.41) is 7.32. The molecule has 0 unspecified atom stereocenters. The van der Waals surface area contributed by atoms with Gasteiger partial charge in [-0.1, -0.05) is 0 Å². The fourth-order valence-electron chi connectivity index (χ4n) is 3.32. The number of aromatic nitrogens is 16. The van der Waals surface area contributed by atoms with Crippen LogP contribution in [0, 0.1) is 52.3 Å². The molecule has 0 fully saturated rings. The first kappa shape index (κ1) is 88.1. The van der Waals surface area contributed by atoms with Gasteiger partial charge in [0, 0.05) is 106 Å². The van der Waals surface area contributed by atoms with Crippen molar-refractivity contribution in [2.75, 3.05) is 0 Å². The van der Waals surface area contributed by atoms with Crippen LogP contribution in [0.1, 0.15) is 6.92 Å². The molecule has 78 heavy (non-hydrogen) atoms. The first-order chi connectivity index (χ1) is 33.3. The van der Waals surface area contributed by atoms with Gasteiger partial charge in [0.1, 0.15) is 0 Å². The average molecular weight is 1270 g/mol. The van der Waals surface area contributed by atoms with E-state index in [2.05, 4.69) is 79.7 Å². The molecule has 426 valence electrons. The number of nitriles is 1. The maximum absolute atomic E-state index is 8.49. The molecule has 0 bridgehead atoms. The Morgan fingerprint density at radius 1 is 0.256 bits per heavy atom. The van der Waals surface area contributed by atoms with Gasteiger partial charge in [0.05, 0.1) is 6.07 Å². The van der Waals surface area contributed by atoms with Crippen molar-refractivity contribution in [2.45, 2.75) is 6.92 Å². The number of nitrogens with zero attached hydrogens (tertiary/aromatic N) is 17. The average Bonchev–Trinajstić information content (AvgIpc) is 3.33. The predicted molar refractivity (Wildman–Crippen MR) is 205 cm³/mol. The van der Waals surface area contributed by atoms with Crippen LogP contribution in [0.15, 0.2) is 148 Å². The Bertz CT molecular complexity index is 2040. The van der Waals surface area contributed by atoms with Gasteiger partial charge in [0.25, 0.3) is 0 Å². The first-order valence-electron chi connectivity index (χ1n) is 17.2. The topological polar surface area (TPSA) is 761 Å². The molecule has 8 rings (SSSR count). The minimum absolute atomic E-state index is 0. The summed E-state index contributed by atoms with van der Waals surface area (Å²) in [5.41, 5.74) is 0. The third-order valence-corrected chi connectivity index (χ3v) is 5.33. The second-order valence-electron chi connectivity index (χ2n) is 10.3. The van der Waals surface area contributed by atoms with Gasteiger partial charge in [-0.3, -0.25) is 0 Å². The molecule has 0 amide bonds. The van der Waals surface area contributed by atoms with E-state index in [1.165, 1.54) is 6.92 Å². The molecule has 0 aliphatic rings. The van der Waals surface area contributed by atoms with Crippen LogP contribution in [-0.4, -0.2) is 90.7 Å². The van der Waals surface area contributed by atoms with Crippen molar-refractivity contribution in [1.29, 1.82) is 5.26 Å². The number of rotatable bonds is 4. The Morgan fingerprint density at radius 3 is 0.359 bits per heavy atom. The maximum Gasteiger partial charge on any atom is 2.00 e. The molecule has 0 aliphatic heterocycles. The molecule has 0 saturated heterocycles. The summed E-state index contributed by atoms with van der Waals surface area (Å²) in [6.45, 7) is 1.43. The van der Waals surface area contributed by atoms with Gasteiger partial charge in [-0.25, -0.2) is 154 Å². The van der Waals surface area contributed by atoms with E-state index in [-0.39, 0.29) is 61.5 Å². The summed E-state index contributed by atoms with van der Waals surface area (Å²) in [6, 6.07) is 15.8. The molecule has 0 atom stereocenters. The Balaban J connectivity index is -0.000000121. The molecule has 0 aliphatic carbocycles. The predicted octanol–water partition coefficient (Wildman–Crippen LogP) is -19.2. The summed E-state index contributed by atoms with van der Waals surface area (Å²) < 4.78 is 136. The summed E-state index contributed by atoms with van der Waals surface area (Å²) in [5.74, 6) is 4.43. The normalized spacial score (nSPS) is 9.13. The van der Waals surface area contributed by atoms with Gasteiger partial charge >= 0.3 is 34.1 Å². The minimum Gasteiger partial charge on any atom is -0.457 e. The molecular weight excluding hydrogens is 1230 g/mol. The van der Waals surface area contributed by atoms with Gasteiger partial charge in [0.15, 0.2) is 46.6 Å². The summed E-state index contributed by atoms with van der Waals surface area (Å²) in [6.07, 6.45) is 26.6. The minimum atomic E-state index is -4.94. The zero-order valence-electron chi connectivity index (χ0n) is 38.5. The van der Waals surface area contributed by atoms with Crippen LogP contribution in [-0.2, 0) is 50.6 Å². The van der Waals surface area contributed by atoms with Gasteiger partial charge in [-0.15, -0.1) is 41.0 Å². The van der Waals surface area contributed by atoms with Crippen LogP contribution in [0.25, 0.3) is 46.6 Å². The molecule has 13 N–H and O–H groups in total. The number of hydrogen-bond donors (Lipinski definition) is 0. The monoisotopic (exact) mass is 1270 g/mol. The van der Waals surface area contributed by atoms with E-state index in [1.54, 1.807) is 154 Å². The van der Waals surface area contributed by atoms with Crippen molar-refractivity contribution in [2.24, 2.45) is 0 Å². The fraction of sp³-hybridized carbons (Fsp3) is 0.0294. The van der Waals surface area contributed by atoms with E-state index < -0.39 is 41.0 Å². The van der Waals surface area contributed by atoms with Gasteiger partial charge in [0.2, 0.25) is 0 Å². The molecule has 0 spiro atoms. The SMILES string of the molecule is CC#N.O.O.[Mn+2].[Mn+2].[O-][Cl+3]([O-])([O-])[O-].[O-][Cl+3]([O-])([O-])[O-].[O-][Cl+3]([O-])([O-])[O-].[O-][Cl+3]([O-])([O-])[O-].[OH3+].[OH3+].[OH3+].c1cnc(-c2ncccn2)nc1.c1cnc(-c2ncccn2)nc1.c1cnc(-c2ncccn2)nc1.c1cnc(-c2ncccn2)nc1. The van der Waals surface area contributed by atoms with Crippen molar-refractivity contribution in [3.63, 3.8) is 0 Å². The molecule has 38 nitrogen and oxygen atoms in total. The van der Waals surface area contributed by atoms with E-state index in [0.717, 1.165) is 0 Å². The van der Waals surface area contributed by atoms with Crippen LogP contribution < -0.4 is 74.5 Å². The molecule has 0 saturated carbocycles. The summed E-state index contributed by atoms with van der Waals surface area (Å²) in [7, 11) is -19.8. The third kappa shape index (κ3) is 60.4. The van der Waals surface area contributed by atoms with Gasteiger partial charge in [-0.2, -0.15) is 5.26 Å². The van der Waals surface area contributed by atoms with Crippen LogP contribution in [0.2, 0.25) is 0 Å². The number of hydrogen-bond acceptors (Lipinski definition) is 33. The van der Waals surface area contributed by atoms with E-state index >= 15 is 0 Å². The van der Waals surface area contributed by atoms with Gasteiger partial charge < -0.3 is 27.4 Å². The van der Waals surface area contributed by atoms with Crippen LogP contribution >= 0.6 is 0 Å². The number of halogens is 4. The second kappa shape index (κ2) is 50.0. The van der Waals surface area contributed by atoms with Crippen LogP contribution in [0.4, 0.5) is 0 Å². The molecular formula is C34H40Cl4Mn2N17O21+3. The smallest absolute Gasteiger partial charge is 0.457 e. The summed E-state index contributed by atoms with van der Waals surface area (Å²) in [4.78, 5) is 64.2. The Hall–Kier alpha value is -6.51. The Morgan fingerprint density at radius 2 is 0.308 bits per heavy atom. The van der Waals surface area contributed by atoms with Gasteiger partial charge in [-0.05, 0) is 48.5 Å². The van der Waals surface area contributed by atoms with Crippen LogP contribution in [0.5, 0.6) is 0 Å². The fourth-order valence-corrected chi connectivity index (χ4v) is 3.32. The van der Waals surface area contributed by atoms with Crippen LogP contribution in [0.3, 0.4) is 0 Å². The molecule has 8 aromatic heterocycles. The largest absolute Gasteiger partial charge is 2.00 e. The standard InChI is InChI=1S/4C8H6N4.C2H3N.4ClHO4.2Mn.5H2O/c4*1-3-9-7(10-4-1)8-11-5-2-6-12-8;1-2-3;4*2-1(3,4)5;;;;;;;/h4*1-6H;1H3;4*(H,2,3,4,5);;;5*1H2/q;;;;;;;;;2*+2;;;;;/p-1. The van der Waals surface area contributed by atoms with E-state index in [4.69, 9.17) is 79.8 Å². The van der Waals surface area contributed by atoms with Crippen molar-refractivity contribution in [1.82, 2.24) is 79.7 Å². The van der Waals surface area contributed by atoms with E-state index in [1.807, 2.05) is 0 Å². The zero-order chi connectivity index (χ0) is 53.6. The molecule has 8 aromatic rings. The Labute approximate surface area is 467 Å².